The summed E-state index contributed by atoms with van der Waals surface area (Å²) in [6, 6.07) is 7.78. The lowest BCUT2D eigenvalue weighted by Crippen LogP contribution is -2.25. The normalized spacial score (nSPS) is 15.0. The minimum Gasteiger partial charge on any atom is -0.482 e. The molecule has 0 saturated carbocycles. The van der Waals surface area contributed by atoms with Crippen molar-refractivity contribution < 1.29 is 9.53 Å². The second kappa shape index (κ2) is 4.88. The molecule has 1 amide bonds. The third-order valence-corrected chi connectivity index (χ3v) is 3.21. The number of aromatic nitrogens is 2. The van der Waals surface area contributed by atoms with Crippen LogP contribution in [0.25, 0.3) is 0 Å². The summed E-state index contributed by atoms with van der Waals surface area (Å²) in [7, 11) is 1.88. The number of nitrogens with zero attached hydrogens (tertiary/aromatic N) is 2. The molecule has 1 aromatic heterocycles. The van der Waals surface area contributed by atoms with Gasteiger partial charge in [0.25, 0.3) is 5.91 Å². The zero-order valence-electron chi connectivity index (χ0n) is 11.4. The molecule has 20 heavy (non-hydrogen) atoms. The van der Waals surface area contributed by atoms with Gasteiger partial charge < -0.3 is 15.4 Å². The third-order valence-electron chi connectivity index (χ3n) is 3.21. The lowest BCUT2D eigenvalue weighted by molar-refractivity contribution is -0.118. The molecule has 0 spiro atoms. The summed E-state index contributed by atoms with van der Waals surface area (Å²) in [5, 5.41) is 10.4. The molecule has 2 heterocycles. The summed E-state index contributed by atoms with van der Waals surface area (Å²) in [5.74, 6) is 1.40. The number of carbonyl (C=O) groups is 1. The van der Waals surface area contributed by atoms with Gasteiger partial charge in [-0.2, -0.15) is 5.10 Å². The molecule has 1 atom stereocenters. The van der Waals surface area contributed by atoms with Crippen LogP contribution in [0.1, 0.15) is 18.5 Å². The zero-order chi connectivity index (χ0) is 14.1. The molecule has 1 aromatic carbocycles. The van der Waals surface area contributed by atoms with Crippen molar-refractivity contribution in [2.75, 3.05) is 17.2 Å². The van der Waals surface area contributed by atoms with E-state index in [1.54, 1.807) is 4.68 Å². The summed E-state index contributed by atoms with van der Waals surface area (Å²) in [6.07, 6.45) is 1.88. The minimum atomic E-state index is -0.125. The number of nitrogens with one attached hydrogen (secondary N) is 2. The van der Waals surface area contributed by atoms with E-state index in [0.29, 0.717) is 11.4 Å². The number of hydrogen-bond donors (Lipinski definition) is 2. The van der Waals surface area contributed by atoms with Gasteiger partial charge in [0.15, 0.2) is 6.61 Å². The van der Waals surface area contributed by atoms with Crippen molar-refractivity contribution in [3.63, 3.8) is 0 Å². The van der Waals surface area contributed by atoms with Crippen LogP contribution < -0.4 is 15.4 Å². The van der Waals surface area contributed by atoms with Gasteiger partial charge in [-0.3, -0.25) is 9.48 Å². The van der Waals surface area contributed by atoms with Crippen molar-refractivity contribution in [2.24, 2.45) is 7.05 Å². The second-order valence-corrected chi connectivity index (χ2v) is 4.83. The molecule has 104 valence electrons. The third kappa shape index (κ3) is 2.45. The van der Waals surface area contributed by atoms with Gasteiger partial charge >= 0.3 is 0 Å². The van der Waals surface area contributed by atoms with E-state index in [4.69, 9.17) is 4.74 Å². The Morgan fingerprint density at radius 1 is 1.45 bits per heavy atom. The van der Waals surface area contributed by atoms with Crippen LogP contribution in [0.15, 0.2) is 30.5 Å². The fourth-order valence-corrected chi connectivity index (χ4v) is 2.17. The van der Waals surface area contributed by atoms with Gasteiger partial charge in [0.1, 0.15) is 11.6 Å². The average molecular weight is 272 g/mol. The summed E-state index contributed by atoms with van der Waals surface area (Å²) >= 11 is 0. The molecule has 1 unspecified atom stereocenters. The first-order chi connectivity index (χ1) is 9.61. The van der Waals surface area contributed by atoms with Crippen LogP contribution in [0.3, 0.4) is 0 Å². The Hall–Kier alpha value is -2.50. The van der Waals surface area contributed by atoms with E-state index >= 15 is 0 Å². The summed E-state index contributed by atoms with van der Waals surface area (Å²) in [5.41, 5.74) is 1.77. The number of fused-ring (bicyclic) bond motifs is 1. The van der Waals surface area contributed by atoms with E-state index in [0.717, 1.165) is 11.4 Å². The highest BCUT2D eigenvalue weighted by atomic mass is 16.5. The van der Waals surface area contributed by atoms with Crippen LogP contribution in [-0.4, -0.2) is 22.3 Å². The fraction of sp³-hybridized carbons (Fsp3) is 0.286. The first kappa shape index (κ1) is 12.5. The van der Waals surface area contributed by atoms with Crippen LogP contribution in [0.5, 0.6) is 5.75 Å². The predicted molar refractivity (Wildman–Crippen MR) is 75.8 cm³/mol. The van der Waals surface area contributed by atoms with Gasteiger partial charge in [0.2, 0.25) is 0 Å². The Labute approximate surface area is 116 Å². The van der Waals surface area contributed by atoms with E-state index < -0.39 is 0 Å². The molecule has 6 heteroatoms. The summed E-state index contributed by atoms with van der Waals surface area (Å²) in [4.78, 5) is 11.3. The molecular formula is C14H16N4O2. The molecule has 2 N–H and O–H groups in total. The number of rotatable bonds is 3. The van der Waals surface area contributed by atoms with Gasteiger partial charge in [0, 0.05) is 19.3 Å². The first-order valence-electron chi connectivity index (χ1n) is 6.44. The van der Waals surface area contributed by atoms with E-state index in [2.05, 4.69) is 15.7 Å². The van der Waals surface area contributed by atoms with Gasteiger partial charge in [-0.1, -0.05) is 6.07 Å². The van der Waals surface area contributed by atoms with Crippen molar-refractivity contribution in [2.45, 2.75) is 13.0 Å². The minimum absolute atomic E-state index is 0.0775. The molecular weight excluding hydrogens is 256 g/mol. The number of amides is 1. The lowest BCUT2D eigenvalue weighted by atomic mass is 10.1. The highest BCUT2D eigenvalue weighted by Gasteiger charge is 2.17. The fourth-order valence-electron chi connectivity index (χ4n) is 2.17. The Morgan fingerprint density at radius 3 is 3.05 bits per heavy atom. The number of carbonyl (C=O) groups excluding carboxylic acids is 1. The first-order valence-corrected chi connectivity index (χ1v) is 6.44. The predicted octanol–water partition coefficient (Wildman–Crippen LogP) is 1.92. The Bertz CT molecular complexity index is 650. The highest BCUT2D eigenvalue weighted by Crippen LogP contribution is 2.31. The number of aryl methyl sites for hydroxylation is 1. The maximum atomic E-state index is 11.3. The summed E-state index contributed by atoms with van der Waals surface area (Å²) < 4.78 is 7.09. The molecule has 0 fully saturated rings. The zero-order valence-corrected chi connectivity index (χ0v) is 11.4. The number of anilines is 2. The molecule has 0 aliphatic carbocycles. The quantitative estimate of drug-likeness (QED) is 0.895. The van der Waals surface area contributed by atoms with Crippen molar-refractivity contribution in [1.82, 2.24) is 9.78 Å². The molecule has 0 saturated heterocycles. The molecule has 0 radical (unpaired) electrons. The maximum absolute atomic E-state index is 11.3. The highest BCUT2D eigenvalue weighted by molar-refractivity contribution is 5.95. The van der Waals surface area contributed by atoms with Crippen LogP contribution in [-0.2, 0) is 11.8 Å². The molecule has 2 aromatic rings. The Kier molecular flexibility index (Phi) is 3.06. The van der Waals surface area contributed by atoms with Gasteiger partial charge in [-0.15, -0.1) is 0 Å². The molecule has 1 aliphatic heterocycles. The van der Waals surface area contributed by atoms with Crippen molar-refractivity contribution in [3.05, 3.63) is 36.0 Å². The van der Waals surface area contributed by atoms with Gasteiger partial charge in [-0.05, 0) is 24.6 Å². The SMILES string of the molecule is CC(Nc1ccn(C)n1)c1ccc2c(c1)NC(=O)CO2. The largest absolute Gasteiger partial charge is 0.482 e. The molecule has 3 rings (SSSR count). The van der Waals surface area contributed by atoms with Crippen molar-refractivity contribution in [1.29, 1.82) is 0 Å². The van der Waals surface area contributed by atoms with Crippen molar-refractivity contribution in [3.8, 4) is 5.75 Å². The lowest BCUT2D eigenvalue weighted by Gasteiger charge is -2.20. The van der Waals surface area contributed by atoms with Crippen LogP contribution in [0, 0.1) is 0 Å². The van der Waals surface area contributed by atoms with Crippen molar-refractivity contribution >= 4 is 17.4 Å². The average Bonchev–Trinajstić information content (AvgIpc) is 2.83. The monoisotopic (exact) mass is 272 g/mol. The van der Waals surface area contributed by atoms with Gasteiger partial charge in [-0.25, -0.2) is 0 Å². The van der Waals surface area contributed by atoms with E-state index in [1.165, 1.54) is 0 Å². The molecule has 6 nitrogen and oxygen atoms in total. The Morgan fingerprint density at radius 2 is 2.30 bits per heavy atom. The van der Waals surface area contributed by atoms with Crippen LogP contribution >= 0.6 is 0 Å². The van der Waals surface area contributed by atoms with Crippen LogP contribution in [0.4, 0.5) is 11.5 Å². The Balaban J connectivity index is 1.79. The smallest absolute Gasteiger partial charge is 0.262 e. The molecule has 0 bridgehead atoms. The number of ether oxygens (including phenoxy) is 1. The van der Waals surface area contributed by atoms with Crippen LogP contribution in [0.2, 0.25) is 0 Å². The number of benzene rings is 1. The summed E-state index contributed by atoms with van der Waals surface area (Å²) in [6.45, 7) is 2.12. The maximum Gasteiger partial charge on any atom is 0.262 e. The number of hydrogen-bond acceptors (Lipinski definition) is 4. The topological polar surface area (TPSA) is 68.2 Å². The van der Waals surface area contributed by atoms with E-state index in [-0.39, 0.29) is 18.6 Å². The second-order valence-electron chi connectivity index (χ2n) is 4.83. The van der Waals surface area contributed by atoms with E-state index in [1.807, 2.05) is 44.4 Å². The standard InChI is InChI=1S/C14H16N4O2/c1-9(15-13-5-6-18(2)17-13)10-3-4-12-11(7-10)16-14(19)8-20-12/h3-7,9H,8H2,1-2H3,(H,15,17)(H,16,19). The molecule has 1 aliphatic rings. The van der Waals surface area contributed by atoms with E-state index in [9.17, 15) is 4.79 Å². The van der Waals surface area contributed by atoms with Gasteiger partial charge in [0.05, 0.1) is 11.7 Å².